The maximum Gasteiger partial charge on any atom is 0.123 e. The molecule has 0 aliphatic rings. The molecular formula is C12H19ClN2O. The summed E-state index contributed by atoms with van der Waals surface area (Å²) < 4.78 is 5.34. The van der Waals surface area contributed by atoms with Gasteiger partial charge in [0.15, 0.2) is 0 Å². The lowest BCUT2D eigenvalue weighted by atomic mass is 10.0. The molecule has 0 aliphatic carbocycles. The molecule has 2 N–H and O–H groups in total. The van der Waals surface area contributed by atoms with Crippen molar-refractivity contribution in [3.63, 3.8) is 0 Å². The lowest BCUT2D eigenvalue weighted by molar-refractivity contribution is 0.398. The lowest BCUT2D eigenvalue weighted by Gasteiger charge is -2.19. The Hall–Kier alpha value is -0.770. The third-order valence-corrected chi connectivity index (χ3v) is 2.83. The van der Waals surface area contributed by atoms with Crippen LogP contribution in [0.25, 0.3) is 0 Å². The molecule has 0 bridgehead atoms. The Kier molecular flexibility index (Phi) is 5.60. The summed E-state index contributed by atoms with van der Waals surface area (Å²) in [5.74, 6) is 0.875. The van der Waals surface area contributed by atoms with Crippen LogP contribution < -0.4 is 15.4 Å². The molecule has 0 aliphatic heterocycles. The first-order valence-electron chi connectivity index (χ1n) is 5.38. The van der Waals surface area contributed by atoms with E-state index in [1.165, 1.54) is 0 Å². The highest BCUT2D eigenvalue weighted by atomic mass is 35.5. The first-order chi connectivity index (χ1) is 7.72. The molecular weight excluding hydrogens is 224 g/mol. The van der Waals surface area contributed by atoms with Crippen LogP contribution in [0.15, 0.2) is 18.2 Å². The molecule has 1 rings (SSSR count). The monoisotopic (exact) mass is 242 g/mol. The first kappa shape index (κ1) is 13.3. The molecule has 1 aromatic carbocycles. The number of methoxy groups -OCH3 is 1. The zero-order valence-corrected chi connectivity index (χ0v) is 10.8. The topological polar surface area (TPSA) is 33.3 Å². The van der Waals surface area contributed by atoms with E-state index in [1.54, 1.807) is 7.11 Å². The van der Waals surface area contributed by atoms with Gasteiger partial charge in [0, 0.05) is 16.6 Å². The minimum absolute atomic E-state index is 0.251. The van der Waals surface area contributed by atoms with Crippen molar-refractivity contribution < 1.29 is 4.74 Å². The van der Waals surface area contributed by atoms with Crippen LogP contribution in [0, 0.1) is 0 Å². The van der Waals surface area contributed by atoms with Crippen LogP contribution >= 0.6 is 11.6 Å². The second-order valence-electron chi connectivity index (χ2n) is 3.62. The van der Waals surface area contributed by atoms with Gasteiger partial charge in [-0.15, -0.1) is 0 Å². The van der Waals surface area contributed by atoms with Gasteiger partial charge in [-0.3, -0.25) is 0 Å². The van der Waals surface area contributed by atoms with Crippen molar-refractivity contribution in [1.29, 1.82) is 0 Å². The molecule has 90 valence electrons. The average molecular weight is 243 g/mol. The lowest BCUT2D eigenvalue weighted by Crippen LogP contribution is -2.22. The number of hydrogen-bond donors (Lipinski definition) is 2. The predicted molar refractivity (Wildman–Crippen MR) is 68.3 cm³/mol. The highest BCUT2D eigenvalue weighted by molar-refractivity contribution is 6.30. The molecule has 0 amide bonds. The summed E-state index contributed by atoms with van der Waals surface area (Å²) in [7, 11) is 5.57. The molecule has 0 fully saturated rings. The van der Waals surface area contributed by atoms with Gasteiger partial charge in [0.2, 0.25) is 0 Å². The quantitative estimate of drug-likeness (QED) is 0.803. The van der Waals surface area contributed by atoms with Gasteiger partial charge in [0.05, 0.1) is 7.11 Å². The van der Waals surface area contributed by atoms with E-state index in [0.717, 1.165) is 29.3 Å². The summed E-state index contributed by atoms with van der Waals surface area (Å²) in [5, 5.41) is 7.15. The number of rotatable bonds is 6. The van der Waals surface area contributed by atoms with E-state index in [0.29, 0.717) is 0 Å². The van der Waals surface area contributed by atoms with E-state index in [-0.39, 0.29) is 6.04 Å². The van der Waals surface area contributed by atoms with Crippen LogP contribution in [0.5, 0.6) is 5.75 Å². The first-order valence-corrected chi connectivity index (χ1v) is 5.76. The van der Waals surface area contributed by atoms with Crippen molar-refractivity contribution in [2.75, 3.05) is 27.7 Å². The predicted octanol–water partition coefficient (Wildman–Crippen LogP) is 2.22. The Morgan fingerprint density at radius 2 is 2.12 bits per heavy atom. The highest BCUT2D eigenvalue weighted by Crippen LogP contribution is 2.29. The zero-order chi connectivity index (χ0) is 12.0. The standard InChI is InChI=1S/C12H19ClN2O/c1-14-7-6-11(15-2)10-8-9(13)4-5-12(10)16-3/h4-5,8,11,14-15H,6-7H2,1-3H3. The van der Waals surface area contributed by atoms with Gasteiger partial charge in [-0.1, -0.05) is 11.6 Å². The van der Waals surface area contributed by atoms with Gasteiger partial charge < -0.3 is 15.4 Å². The number of ether oxygens (including phenoxy) is 1. The molecule has 0 saturated carbocycles. The summed E-state index contributed by atoms with van der Waals surface area (Å²) >= 11 is 6.01. The normalized spacial score (nSPS) is 12.5. The second-order valence-corrected chi connectivity index (χ2v) is 4.06. The molecule has 0 aromatic heterocycles. The van der Waals surface area contributed by atoms with Crippen molar-refractivity contribution in [1.82, 2.24) is 10.6 Å². The molecule has 16 heavy (non-hydrogen) atoms. The van der Waals surface area contributed by atoms with E-state index < -0.39 is 0 Å². The van der Waals surface area contributed by atoms with Crippen LogP contribution in [0.3, 0.4) is 0 Å². The minimum Gasteiger partial charge on any atom is -0.496 e. The third-order valence-electron chi connectivity index (χ3n) is 2.60. The number of hydrogen-bond acceptors (Lipinski definition) is 3. The highest BCUT2D eigenvalue weighted by Gasteiger charge is 2.14. The molecule has 1 aromatic rings. The average Bonchev–Trinajstić information content (AvgIpc) is 2.30. The second kappa shape index (κ2) is 6.74. The van der Waals surface area contributed by atoms with E-state index in [4.69, 9.17) is 16.3 Å². The number of halogens is 1. The largest absolute Gasteiger partial charge is 0.496 e. The van der Waals surface area contributed by atoms with E-state index in [1.807, 2.05) is 32.3 Å². The fourth-order valence-electron chi connectivity index (χ4n) is 1.72. The van der Waals surface area contributed by atoms with Gasteiger partial charge in [0.25, 0.3) is 0 Å². The van der Waals surface area contributed by atoms with E-state index in [9.17, 15) is 0 Å². The van der Waals surface area contributed by atoms with Crippen LogP contribution in [-0.4, -0.2) is 27.7 Å². The smallest absolute Gasteiger partial charge is 0.123 e. The zero-order valence-electron chi connectivity index (χ0n) is 10.0. The Balaban J connectivity index is 2.92. The van der Waals surface area contributed by atoms with Crippen molar-refractivity contribution in [3.8, 4) is 5.75 Å². The fraction of sp³-hybridized carbons (Fsp3) is 0.500. The maximum atomic E-state index is 6.01. The Morgan fingerprint density at radius 3 is 2.69 bits per heavy atom. The molecule has 0 radical (unpaired) electrons. The van der Waals surface area contributed by atoms with Crippen molar-refractivity contribution in [3.05, 3.63) is 28.8 Å². The van der Waals surface area contributed by atoms with Crippen molar-refractivity contribution in [2.45, 2.75) is 12.5 Å². The molecule has 0 saturated heterocycles. The maximum absolute atomic E-state index is 6.01. The van der Waals surface area contributed by atoms with Crippen LogP contribution in [0.4, 0.5) is 0 Å². The Bertz CT molecular complexity index is 331. The minimum atomic E-state index is 0.251. The summed E-state index contributed by atoms with van der Waals surface area (Å²) in [4.78, 5) is 0. The summed E-state index contributed by atoms with van der Waals surface area (Å²) in [6, 6.07) is 5.95. The summed E-state index contributed by atoms with van der Waals surface area (Å²) in [5.41, 5.74) is 1.10. The molecule has 4 heteroatoms. The molecule has 1 atom stereocenters. The van der Waals surface area contributed by atoms with Crippen molar-refractivity contribution >= 4 is 11.6 Å². The van der Waals surface area contributed by atoms with Gasteiger partial charge in [-0.2, -0.15) is 0 Å². The van der Waals surface area contributed by atoms with Crippen molar-refractivity contribution in [2.24, 2.45) is 0 Å². The van der Waals surface area contributed by atoms with Crippen LogP contribution in [0.2, 0.25) is 5.02 Å². The van der Waals surface area contributed by atoms with Crippen LogP contribution in [0.1, 0.15) is 18.0 Å². The molecule has 3 nitrogen and oxygen atoms in total. The van der Waals surface area contributed by atoms with Gasteiger partial charge in [-0.05, 0) is 45.3 Å². The molecule has 0 heterocycles. The third kappa shape index (κ3) is 3.37. The summed E-state index contributed by atoms with van der Waals surface area (Å²) in [6.45, 7) is 0.946. The van der Waals surface area contributed by atoms with Crippen LogP contribution in [-0.2, 0) is 0 Å². The van der Waals surface area contributed by atoms with E-state index >= 15 is 0 Å². The SMILES string of the molecule is CNCCC(NC)c1cc(Cl)ccc1OC. The number of benzene rings is 1. The van der Waals surface area contributed by atoms with Gasteiger partial charge in [0.1, 0.15) is 5.75 Å². The Labute approximate surface area is 102 Å². The van der Waals surface area contributed by atoms with Gasteiger partial charge >= 0.3 is 0 Å². The Morgan fingerprint density at radius 1 is 1.38 bits per heavy atom. The summed E-state index contributed by atoms with van der Waals surface area (Å²) in [6.07, 6.45) is 0.990. The van der Waals surface area contributed by atoms with E-state index in [2.05, 4.69) is 10.6 Å². The fourth-order valence-corrected chi connectivity index (χ4v) is 1.90. The van der Waals surface area contributed by atoms with Gasteiger partial charge in [-0.25, -0.2) is 0 Å². The number of nitrogens with one attached hydrogen (secondary N) is 2. The molecule has 0 spiro atoms. The molecule has 1 unspecified atom stereocenters.